The predicted octanol–water partition coefficient (Wildman–Crippen LogP) is 4.47. The third-order valence-electron chi connectivity index (χ3n) is 4.83. The molecule has 4 nitrogen and oxygen atoms in total. The highest BCUT2D eigenvalue weighted by Crippen LogP contribution is 2.33. The summed E-state index contributed by atoms with van der Waals surface area (Å²) in [5.41, 5.74) is 4.80. The maximum atomic E-state index is 9.94. The lowest BCUT2D eigenvalue weighted by atomic mass is 10.0. The van der Waals surface area contributed by atoms with Crippen molar-refractivity contribution < 1.29 is 14.6 Å². The van der Waals surface area contributed by atoms with Gasteiger partial charge in [-0.2, -0.15) is 0 Å². The molecule has 0 fully saturated rings. The minimum absolute atomic E-state index is 0.282. The second kappa shape index (κ2) is 8.46. The molecular weight excluding hydrogens is 350 g/mol. The first kappa shape index (κ1) is 18.5. The number of rotatable bonds is 7. The molecule has 0 aromatic heterocycles. The van der Waals surface area contributed by atoms with Crippen LogP contribution in [-0.2, 0) is 13.1 Å². The molecular formula is C24H25NO3. The zero-order valence-corrected chi connectivity index (χ0v) is 16.0. The lowest BCUT2D eigenvalue weighted by molar-refractivity contribution is 0.118. The Morgan fingerprint density at radius 2 is 1.46 bits per heavy atom. The molecule has 4 rings (SSSR count). The first-order chi connectivity index (χ1) is 13.7. The average Bonchev–Trinajstić information content (AvgIpc) is 3.16. The van der Waals surface area contributed by atoms with Crippen LogP contribution >= 0.6 is 0 Å². The third-order valence-corrected chi connectivity index (χ3v) is 4.83. The van der Waals surface area contributed by atoms with E-state index < -0.39 is 6.10 Å². The maximum absolute atomic E-state index is 9.94. The van der Waals surface area contributed by atoms with Crippen LogP contribution in [-0.4, -0.2) is 29.4 Å². The van der Waals surface area contributed by atoms with Gasteiger partial charge in [0.1, 0.15) is 0 Å². The van der Waals surface area contributed by atoms with E-state index in [1.807, 2.05) is 25.1 Å². The lowest BCUT2D eigenvalue weighted by Gasteiger charge is -2.24. The second-order valence-corrected chi connectivity index (χ2v) is 7.27. The SMILES string of the molecule is CC(O)CN(Cc1ccc(-c2ccccc2)cc1)Cc1ccc2c(c1)OCO2. The lowest BCUT2D eigenvalue weighted by Crippen LogP contribution is -2.30. The van der Waals surface area contributed by atoms with Gasteiger partial charge in [-0.1, -0.05) is 60.7 Å². The number of benzene rings is 3. The molecule has 3 aromatic rings. The Morgan fingerprint density at radius 1 is 0.821 bits per heavy atom. The summed E-state index contributed by atoms with van der Waals surface area (Å²) in [7, 11) is 0. The number of ether oxygens (including phenoxy) is 2. The van der Waals surface area contributed by atoms with Gasteiger partial charge in [0.15, 0.2) is 11.5 Å². The van der Waals surface area contributed by atoms with E-state index in [9.17, 15) is 5.11 Å². The summed E-state index contributed by atoms with van der Waals surface area (Å²) in [4.78, 5) is 2.25. The Bertz CT molecular complexity index is 907. The van der Waals surface area contributed by atoms with Gasteiger partial charge in [-0.25, -0.2) is 0 Å². The van der Waals surface area contributed by atoms with Crippen LogP contribution in [0.3, 0.4) is 0 Å². The zero-order chi connectivity index (χ0) is 19.3. The fourth-order valence-electron chi connectivity index (χ4n) is 3.55. The molecule has 1 heterocycles. The summed E-state index contributed by atoms with van der Waals surface area (Å²) in [6.45, 7) is 4.22. The largest absolute Gasteiger partial charge is 0.454 e. The van der Waals surface area contributed by atoms with E-state index in [-0.39, 0.29) is 6.79 Å². The Kier molecular flexibility index (Phi) is 5.60. The molecule has 1 N–H and O–H groups in total. The highest BCUT2D eigenvalue weighted by molar-refractivity contribution is 5.63. The van der Waals surface area contributed by atoms with E-state index in [4.69, 9.17) is 9.47 Å². The van der Waals surface area contributed by atoms with Crippen molar-refractivity contribution in [2.75, 3.05) is 13.3 Å². The van der Waals surface area contributed by atoms with E-state index >= 15 is 0 Å². The van der Waals surface area contributed by atoms with Crippen LogP contribution in [0.15, 0.2) is 72.8 Å². The van der Waals surface area contributed by atoms with Crippen molar-refractivity contribution >= 4 is 0 Å². The van der Waals surface area contributed by atoms with E-state index in [0.29, 0.717) is 6.54 Å². The van der Waals surface area contributed by atoms with Crippen molar-refractivity contribution in [3.05, 3.63) is 83.9 Å². The molecule has 4 heteroatoms. The summed E-state index contributed by atoms with van der Waals surface area (Å²) in [5, 5.41) is 9.94. The number of hydrogen-bond acceptors (Lipinski definition) is 4. The Hall–Kier alpha value is -2.82. The van der Waals surface area contributed by atoms with Crippen molar-refractivity contribution in [2.24, 2.45) is 0 Å². The molecule has 0 aliphatic carbocycles. The molecule has 1 aliphatic rings. The Labute approximate surface area is 166 Å². The van der Waals surface area contributed by atoms with Gasteiger partial charge in [-0.15, -0.1) is 0 Å². The second-order valence-electron chi connectivity index (χ2n) is 7.27. The van der Waals surface area contributed by atoms with Gasteiger partial charge in [0.25, 0.3) is 0 Å². The monoisotopic (exact) mass is 375 g/mol. The molecule has 0 radical (unpaired) electrons. The first-order valence-electron chi connectivity index (χ1n) is 9.61. The van der Waals surface area contributed by atoms with Gasteiger partial charge in [0, 0.05) is 19.6 Å². The fourth-order valence-corrected chi connectivity index (χ4v) is 3.55. The van der Waals surface area contributed by atoms with E-state index in [1.165, 1.54) is 16.7 Å². The molecule has 3 aromatic carbocycles. The van der Waals surface area contributed by atoms with Crippen LogP contribution in [0.4, 0.5) is 0 Å². The summed E-state index contributed by atoms with van der Waals surface area (Å²) < 4.78 is 10.9. The van der Waals surface area contributed by atoms with Crippen LogP contribution in [0.5, 0.6) is 11.5 Å². The van der Waals surface area contributed by atoms with E-state index in [0.717, 1.165) is 30.2 Å². The molecule has 144 valence electrons. The van der Waals surface area contributed by atoms with Crippen molar-refractivity contribution in [2.45, 2.75) is 26.1 Å². The summed E-state index contributed by atoms with van der Waals surface area (Å²) in [6.07, 6.45) is -0.391. The van der Waals surface area contributed by atoms with Gasteiger partial charge in [-0.05, 0) is 41.3 Å². The van der Waals surface area contributed by atoms with E-state index in [2.05, 4.69) is 59.5 Å². The Balaban J connectivity index is 1.47. The highest BCUT2D eigenvalue weighted by Gasteiger charge is 2.16. The molecule has 28 heavy (non-hydrogen) atoms. The molecule has 1 unspecified atom stereocenters. The van der Waals surface area contributed by atoms with Crippen molar-refractivity contribution in [1.29, 1.82) is 0 Å². The highest BCUT2D eigenvalue weighted by atomic mass is 16.7. The number of fused-ring (bicyclic) bond motifs is 1. The van der Waals surface area contributed by atoms with Crippen LogP contribution in [0.1, 0.15) is 18.1 Å². The topological polar surface area (TPSA) is 41.9 Å². The molecule has 0 saturated heterocycles. The molecule has 0 spiro atoms. The van der Waals surface area contributed by atoms with Crippen LogP contribution in [0, 0.1) is 0 Å². The molecule has 1 aliphatic heterocycles. The van der Waals surface area contributed by atoms with E-state index in [1.54, 1.807) is 0 Å². The van der Waals surface area contributed by atoms with Crippen LogP contribution in [0.25, 0.3) is 11.1 Å². The molecule has 0 saturated carbocycles. The summed E-state index contributed by atoms with van der Waals surface area (Å²) in [5.74, 6) is 1.59. The van der Waals surface area contributed by atoms with Crippen molar-refractivity contribution in [3.63, 3.8) is 0 Å². The number of aliphatic hydroxyl groups is 1. The summed E-state index contributed by atoms with van der Waals surface area (Å²) >= 11 is 0. The standard InChI is InChI=1S/C24H25NO3/c1-18(26)14-25(16-20-9-12-23-24(13-20)28-17-27-23)15-19-7-10-22(11-8-19)21-5-3-2-4-6-21/h2-13,18,26H,14-17H2,1H3. The van der Waals surface area contributed by atoms with Gasteiger partial charge >= 0.3 is 0 Å². The summed E-state index contributed by atoms with van der Waals surface area (Å²) in [6, 6.07) is 25.1. The third kappa shape index (κ3) is 4.53. The van der Waals surface area contributed by atoms with Crippen LogP contribution in [0.2, 0.25) is 0 Å². The minimum atomic E-state index is -0.391. The first-order valence-corrected chi connectivity index (χ1v) is 9.61. The van der Waals surface area contributed by atoms with Gasteiger partial charge in [0.2, 0.25) is 6.79 Å². The van der Waals surface area contributed by atoms with Crippen LogP contribution < -0.4 is 9.47 Å². The van der Waals surface area contributed by atoms with Gasteiger partial charge in [-0.3, -0.25) is 4.90 Å². The zero-order valence-electron chi connectivity index (χ0n) is 16.0. The number of aliphatic hydroxyl groups excluding tert-OH is 1. The normalized spacial score (nSPS) is 13.7. The minimum Gasteiger partial charge on any atom is -0.454 e. The van der Waals surface area contributed by atoms with Crippen molar-refractivity contribution in [1.82, 2.24) is 4.90 Å². The van der Waals surface area contributed by atoms with Gasteiger partial charge in [0.05, 0.1) is 6.10 Å². The van der Waals surface area contributed by atoms with Gasteiger partial charge < -0.3 is 14.6 Å². The quantitative estimate of drug-likeness (QED) is 0.662. The predicted molar refractivity (Wildman–Crippen MR) is 110 cm³/mol. The number of nitrogens with zero attached hydrogens (tertiary/aromatic N) is 1. The smallest absolute Gasteiger partial charge is 0.231 e. The maximum Gasteiger partial charge on any atom is 0.231 e. The molecule has 1 atom stereocenters. The number of hydrogen-bond donors (Lipinski definition) is 1. The Morgan fingerprint density at radius 3 is 2.21 bits per heavy atom. The average molecular weight is 375 g/mol. The molecule has 0 amide bonds. The fraction of sp³-hybridized carbons (Fsp3) is 0.250. The van der Waals surface area contributed by atoms with Crippen molar-refractivity contribution in [3.8, 4) is 22.6 Å². The molecule has 0 bridgehead atoms.